The van der Waals surface area contributed by atoms with Gasteiger partial charge < -0.3 is 9.84 Å². The Balaban J connectivity index is 1.66. The Kier molecular flexibility index (Phi) is 4.34. The molecule has 0 aliphatic rings. The number of benzene rings is 2. The summed E-state index contributed by atoms with van der Waals surface area (Å²) in [5.41, 5.74) is 1.72. The molecule has 1 aromatic heterocycles. The second-order valence-electron chi connectivity index (χ2n) is 5.03. The average Bonchev–Trinajstić information content (AvgIpc) is 3.09. The molecule has 0 saturated carbocycles. The molecule has 0 saturated heterocycles. The van der Waals surface area contributed by atoms with E-state index in [1.807, 2.05) is 6.07 Å². The fourth-order valence-corrected chi connectivity index (χ4v) is 2.15. The summed E-state index contributed by atoms with van der Waals surface area (Å²) in [5.74, 6) is -0.396. The van der Waals surface area contributed by atoms with Crippen molar-refractivity contribution in [3.63, 3.8) is 0 Å². The zero-order valence-electron chi connectivity index (χ0n) is 12.5. The van der Waals surface area contributed by atoms with Gasteiger partial charge in [0.2, 0.25) is 0 Å². The number of carbonyl (C=O) groups is 1. The van der Waals surface area contributed by atoms with Crippen LogP contribution in [-0.4, -0.2) is 11.1 Å². The van der Waals surface area contributed by atoms with Crippen molar-refractivity contribution in [2.24, 2.45) is 0 Å². The van der Waals surface area contributed by atoms with Crippen molar-refractivity contribution >= 4 is 5.91 Å². The first-order valence-electron chi connectivity index (χ1n) is 7.16. The monoisotopic (exact) mass is 321 g/mol. The number of hydrogen-bond donors (Lipinski definition) is 1. The van der Waals surface area contributed by atoms with Gasteiger partial charge in [0.1, 0.15) is 11.5 Å². The van der Waals surface area contributed by atoms with Crippen molar-refractivity contribution < 1.29 is 13.7 Å². The lowest BCUT2D eigenvalue weighted by Gasteiger charge is -2.02. The molecule has 3 rings (SSSR count). The van der Waals surface area contributed by atoms with Crippen molar-refractivity contribution in [1.29, 1.82) is 5.26 Å². The van der Waals surface area contributed by atoms with Crippen LogP contribution in [0.4, 0.5) is 4.39 Å². The van der Waals surface area contributed by atoms with Crippen molar-refractivity contribution in [3.8, 4) is 17.4 Å². The molecule has 6 heteroatoms. The molecule has 118 valence electrons. The molecular formula is C18H12FN3O2. The van der Waals surface area contributed by atoms with Crippen molar-refractivity contribution in [2.75, 3.05) is 0 Å². The minimum Gasteiger partial charge on any atom is -0.356 e. The fraction of sp³-hybridized carbons (Fsp3) is 0.0556. The minimum absolute atomic E-state index is 0.150. The Bertz CT molecular complexity index is 911. The molecule has 3 aromatic rings. The molecule has 5 nitrogen and oxygen atoms in total. The van der Waals surface area contributed by atoms with E-state index in [9.17, 15) is 9.18 Å². The van der Waals surface area contributed by atoms with E-state index in [-0.39, 0.29) is 12.5 Å². The summed E-state index contributed by atoms with van der Waals surface area (Å²) in [6.45, 7) is 0.150. The van der Waals surface area contributed by atoms with Gasteiger partial charge in [0, 0.05) is 11.6 Å². The first-order valence-corrected chi connectivity index (χ1v) is 7.16. The van der Waals surface area contributed by atoms with E-state index >= 15 is 0 Å². The molecule has 24 heavy (non-hydrogen) atoms. The Morgan fingerprint density at radius 2 is 1.96 bits per heavy atom. The highest BCUT2D eigenvalue weighted by Crippen LogP contribution is 2.23. The maximum absolute atomic E-state index is 13.7. The highest BCUT2D eigenvalue weighted by Gasteiger charge is 2.12. The maximum Gasteiger partial charge on any atom is 0.251 e. The molecular weight excluding hydrogens is 309 g/mol. The van der Waals surface area contributed by atoms with Gasteiger partial charge >= 0.3 is 0 Å². The predicted octanol–water partition coefficient (Wildman–Crippen LogP) is 3.28. The number of hydrogen-bond acceptors (Lipinski definition) is 4. The second-order valence-corrected chi connectivity index (χ2v) is 5.03. The molecule has 0 bridgehead atoms. The van der Waals surface area contributed by atoms with Gasteiger partial charge in [-0.15, -0.1) is 0 Å². The largest absolute Gasteiger partial charge is 0.356 e. The van der Waals surface area contributed by atoms with E-state index in [2.05, 4.69) is 10.5 Å². The van der Waals surface area contributed by atoms with E-state index in [0.29, 0.717) is 28.1 Å². The normalized spacial score (nSPS) is 10.2. The second kappa shape index (κ2) is 6.75. The van der Waals surface area contributed by atoms with Gasteiger partial charge in [0.25, 0.3) is 5.91 Å². The van der Waals surface area contributed by atoms with Gasteiger partial charge in [-0.3, -0.25) is 4.79 Å². The van der Waals surface area contributed by atoms with E-state index in [4.69, 9.17) is 9.78 Å². The van der Waals surface area contributed by atoms with E-state index in [0.717, 1.165) is 0 Å². The van der Waals surface area contributed by atoms with Crippen LogP contribution in [0.5, 0.6) is 0 Å². The topological polar surface area (TPSA) is 78.9 Å². The number of rotatable bonds is 4. The molecule has 0 atom stereocenters. The van der Waals surface area contributed by atoms with Crippen LogP contribution in [0.15, 0.2) is 59.1 Å². The fourth-order valence-electron chi connectivity index (χ4n) is 2.15. The highest BCUT2D eigenvalue weighted by atomic mass is 19.1. The number of nitriles is 1. The first kappa shape index (κ1) is 15.4. The van der Waals surface area contributed by atoms with E-state index in [1.54, 1.807) is 48.5 Å². The number of nitrogens with one attached hydrogen (secondary N) is 1. The van der Waals surface area contributed by atoms with Gasteiger partial charge in [-0.05, 0) is 36.4 Å². The standard InChI is InChI=1S/C18H12FN3O2/c19-16-4-2-1-3-15(16)17-9-14(22-24-17)11-21-18(23)13-7-5-12(10-20)6-8-13/h1-9H,11H2,(H,21,23). The van der Waals surface area contributed by atoms with Gasteiger partial charge in [0.05, 0.1) is 23.7 Å². The van der Waals surface area contributed by atoms with Crippen LogP contribution in [-0.2, 0) is 6.54 Å². The summed E-state index contributed by atoms with van der Waals surface area (Å²) in [5, 5.41) is 15.3. The lowest BCUT2D eigenvalue weighted by molar-refractivity contribution is 0.0950. The van der Waals surface area contributed by atoms with Crippen molar-refractivity contribution in [3.05, 3.63) is 77.2 Å². The first-order chi connectivity index (χ1) is 11.7. The predicted molar refractivity (Wildman–Crippen MR) is 84.2 cm³/mol. The summed E-state index contributed by atoms with van der Waals surface area (Å²) in [7, 11) is 0. The van der Waals surface area contributed by atoms with Gasteiger partial charge in [-0.25, -0.2) is 4.39 Å². The molecule has 0 unspecified atom stereocenters. The minimum atomic E-state index is -0.401. The Morgan fingerprint density at radius 3 is 2.67 bits per heavy atom. The van der Waals surface area contributed by atoms with Crippen molar-refractivity contribution in [1.82, 2.24) is 10.5 Å². The summed E-state index contributed by atoms with van der Waals surface area (Å²) in [4.78, 5) is 12.0. The van der Waals surface area contributed by atoms with Crippen LogP contribution in [0, 0.1) is 17.1 Å². The summed E-state index contributed by atoms with van der Waals surface area (Å²) < 4.78 is 18.8. The SMILES string of the molecule is N#Cc1ccc(C(=O)NCc2cc(-c3ccccc3F)on2)cc1. The quantitative estimate of drug-likeness (QED) is 0.800. The number of nitrogens with zero attached hydrogens (tertiary/aromatic N) is 2. The molecule has 2 aromatic carbocycles. The van der Waals surface area contributed by atoms with Crippen LogP contribution in [0.3, 0.4) is 0 Å². The lowest BCUT2D eigenvalue weighted by atomic mass is 10.1. The zero-order valence-corrected chi connectivity index (χ0v) is 12.5. The van der Waals surface area contributed by atoms with Crippen LogP contribution in [0.1, 0.15) is 21.6 Å². The number of aromatic nitrogens is 1. The summed E-state index contributed by atoms with van der Waals surface area (Å²) >= 11 is 0. The van der Waals surface area contributed by atoms with E-state index < -0.39 is 5.82 Å². The lowest BCUT2D eigenvalue weighted by Crippen LogP contribution is -2.22. The Morgan fingerprint density at radius 1 is 1.21 bits per heavy atom. The third kappa shape index (κ3) is 3.31. The number of carbonyl (C=O) groups excluding carboxylic acids is 1. The summed E-state index contributed by atoms with van der Waals surface area (Å²) in [6, 6.07) is 16.1. The van der Waals surface area contributed by atoms with Crippen LogP contribution < -0.4 is 5.32 Å². The molecule has 0 spiro atoms. The van der Waals surface area contributed by atoms with E-state index in [1.165, 1.54) is 6.07 Å². The third-order valence-electron chi connectivity index (χ3n) is 3.40. The molecule has 1 N–H and O–H groups in total. The van der Waals surface area contributed by atoms with Gasteiger partial charge in [-0.2, -0.15) is 5.26 Å². The Hall–Kier alpha value is -3.46. The number of halogens is 1. The molecule has 1 heterocycles. The van der Waals surface area contributed by atoms with Crippen molar-refractivity contribution in [2.45, 2.75) is 6.54 Å². The maximum atomic E-state index is 13.7. The molecule has 1 amide bonds. The van der Waals surface area contributed by atoms with Crippen LogP contribution in [0.25, 0.3) is 11.3 Å². The average molecular weight is 321 g/mol. The summed E-state index contributed by atoms with van der Waals surface area (Å²) in [6.07, 6.45) is 0. The molecule has 0 radical (unpaired) electrons. The van der Waals surface area contributed by atoms with Crippen LogP contribution >= 0.6 is 0 Å². The molecule has 0 aliphatic carbocycles. The third-order valence-corrected chi connectivity index (χ3v) is 3.40. The van der Waals surface area contributed by atoms with Gasteiger partial charge in [0.15, 0.2) is 5.76 Å². The van der Waals surface area contributed by atoms with Crippen LogP contribution in [0.2, 0.25) is 0 Å². The smallest absolute Gasteiger partial charge is 0.251 e. The molecule has 0 aliphatic heterocycles. The zero-order chi connectivity index (χ0) is 16.9. The molecule has 0 fully saturated rings. The van der Waals surface area contributed by atoms with Gasteiger partial charge in [-0.1, -0.05) is 17.3 Å². The Labute approximate surface area is 137 Å². The highest BCUT2D eigenvalue weighted by molar-refractivity contribution is 5.94. The number of amides is 1.